The van der Waals surface area contributed by atoms with E-state index >= 15 is 0 Å². The first-order valence-corrected chi connectivity index (χ1v) is 8.23. The Morgan fingerprint density at radius 1 is 1.45 bits per heavy atom. The minimum absolute atomic E-state index is 0.203. The SMILES string of the molecule is C[C@@H]1CO[C@](C)(C[SiH]=O)C(OCc2ccccc2)[C@H]1F. The maximum Gasteiger partial charge on any atom is 0.264 e. The fraction of sp³-hybridized carbons (Fsp3) is 0.600. The van der Waals surface area contributed by atoms with Crippen molar-refractivity contribution in [1.82, 2.24) is 0 Å². The van der Waals surface area contributed by atoms with Crippen LogP contribution in [0, 0.1) is 5.92 Å². The van der Waals surface area contributed by atoms with Crippen molar-refractivity contribution < 1.29 is 18.3 Å². The summed E-state index contributed by atoms with van der Waals surface area (Å²) in [5.41, 5.74) is 0.201. The summed E-state index contributed by atoms with van der Waals surface area (Å²) < 4.78 is 37.0. The van der Waals surface area contributed by atoms with Gasteiger partial charge in [-0.15, -0.1) is 0 Å². The molecule has 1 aromatic carbocycles. The van der Waals surface area contributed by atoms with E-state index in [9.17, 15) is 8.85 Å². The van der Waals surface area contributed by atoms with Crippen LogP contribution in [0.25, 0.3) is 0 Å². The van der Waals surface area contributed by atoms with Crippen LogP contribution in [0.2, 0.25) is 6.04 Å². The highest BCUT2D eigenvalue weighted by Crippen LogP contribution is 2.35. The molecule has 1 unspecified atom stereocenters. The van der Waals surface area contributed by atoms with Gasteiger partial charge in [0, 0.05) is 12.0 Å². The minimum atomic E-state index is -1.09. The van der Waals surface area contributed by atoms with Crippen molar-refractivity contribution in [2.75, 3.05) is 6.61 Å². The van der Waals surface area contributed by atoms with Crippen molar-refractivity contribution in [2.24, 2.45) is 5.92 Å². The number of hydrogen-bond acceptors (Lipinski definition) is 3. The van der Waals surface area contributed by atoms with Gasteiger partial charge in [-0.25, -0.2) is 4.39 Å². The number of alkyl halides is 1. The number of halogens is 1. The summed E-state index contributed by atoms with van der Waals surface area (Å²) in [5, 5.41) is 0. The Labute approximate surface area is 121 Å². The molecule has 0 amide bonds. The third-order valence-electron chi connectivity index (χ3n) is 3.87. The summed E-state index contributed by atoms with van der Waals surface area (Å²) in [7, 11) is -0.992. The molecular weight excluding hydrogens is 275 g/mol. The van der Waals surface area contributed by atoms with Gasteiger partial charge in [0.25, 0.3) is 9.41 Å². The van der Waals surface area contributed by atoms with Gasteiger partial charge in [-0.2, -0.15) is 0 Å². The van der Waals surface area contributed by atoms with Gasteiger partial charge in [-0.3, -0.25) is 0 Å². The normalized spacial score (nSPS) is 33.9. The van der Waals surface area contributed by atoms with E-state index in [1.165, 1.54) is 0 Å². The summed E-state index contributed by atoms with van der Waals surface area (Å²) in [5.74, 6) is -0.203. The van der Waals surface area contributed by atoms with Crippen LogP contribution in [0.1, 0.15) is 19.4 Å². The molecule has 1 aliphatic heterocycles. The fourth-order valence-corrected chi connectivity index (χ4v) is 3.18. The van der Waals surface area contributed by atoms with E-state index in [1.54, 1.807) is 6.92 Å². The van der Waals surface area contributed by atoms with E-state index in [2.05, 4.69) is 0 Å². The highest BCUT2D eigenvalue weighted by Gasteiger charge is 2.47. The predicted molar refractivity (Wildman–Crippen MR) is 76.1 cm³/mol. The van der Waals surface area contributed by atoms with E-state index in [1.807, 2.05) is 37.3 Å². The quantitative estimate of drug-likeness (QED) is 0.783. The van der Waals surface area contributed by atoms with Gasteiger partial charge in [-0.05, 0) is 12.5 Å². The summed E-state index contributed by atoms with van der Waals surface area (Å²) in [4.78, 5) is 0. The van der Waals surface area contributed by atoms with Crippen LogP contribution in [-0.4, -0.2) is 33.9 Å². The van der Waals surface area contributed by atoms with Crippen molar-refractivity contribution in [1.29, 1.82) is 0 Å². The van der Waals surface area contributed by atoms with Gasteiger partial charge in [0.05, 0.1) is 18.8 Å². The molecule has 1 saturated heterocycles. The maximum absolute atomic E-state index is 14.5. The number of rotatable bonds is 5. The van der Waals surface area contributed by atoms with E-state index in [0.717, 1.165) is 5.56 Å². The molecule has 0 saturated carbocycles. The van der Waals surface area contributed by atoms with Gasteiger partial charge < -0.3 is 13.9 Å². The van der Waals surface area contributed by atoms with Crippen LogP contribution in [-0.2, 0) is 20.5 Å². The molecule has 0 bridgehead atoms. The van der Waals surface area contributed by atoms with Gasteiger partial charge in [0.2, 0.25) is 0 Å². The van der Waals surface area contributed by atoms with Crippen LogP contribution < -0.4 is 0 Å². The second-order valence-corrected chi connectivity index (χ2v) is 6.37. The molecule has 0 aromatic heterocycles. The maximum atomic E-state index is 14.5. The number of hydrogen-bond donors (Lipinski definition) is 0. The Bertz CT molecular complexity index is 442. The Morgan fingerprint density at radius 3 is 2.80 bits per heavy atom. The summed E-state index contributed by atoms with van der Waals surface area (Å²) >= 11 is 0. The molecule has 3 nitrogen and oxygen atoms in total. The van der Waals surface area contributed by atoms with Crippen molar-refractivity contribution in [3.8, 4) is 0 Å². The highest BCUT2D eigenvalue weighted by atomic mass is 28.2. The Morgan fingerprint density at radius 2 is 2.15 bits per heavy atom. The molecule has 0 radical (unpaired) electrons. The smallest absolute Gasteiger partial charge is 0.264 e. The van der Waals surface area contributed by atoms with Gasteiger partial charge in [0.15, 0.2) is 0 Å². The lowest BCUT2D eigenvalue weighted by Crippen LogP contribution is -2.56. The van der Waals surface area contributed by atoms with Gasteiger partial charge >= 0.3 is 0 Å². The second-order valence-electron chi connectivity index (χ2n) is 5.63. The van der Waals surface area contributed by atoms with E-state index in [0.29, 0.717) is 19.3 Å². The van der Waals surface area contributed by atoms with E-state index in [-0.39, 0.29) is 5.92 Å². The van der Waals surface area contributed by atoms with Gasteiger partial charge in [-0.1, -0.05) is 37.3 Å². The first kappa shape index (κ1) is 15.5. The topological polar surface area (TPSA) is 35.5 Å². The molecule has 4 atom stereocenters. The highest BCUT2D eigenvalue weighted by molar-refractivity contribution is 6.17. The molecule has 20 heavy (non-hydrogen) atoms. The molecule has 1 fully saturated rings. The molecule has 0 N–H and O–H groups in total. The standard InChI is InChI=1S/C15H21FO3Si/c1-11-8-19-15(2,10-20-17)14(13(11)16)18-9-12-6-4-3-5-7-12/h3-7,11,13-14,20H,8-10H2,1-2H3/t11-,13+,14?,15-/m1/s1. The lowest BCUT2D eigenvalue weighted by Gasteiger charge is -2.44. The summed E-state index contributed by atoms with van der Waals surface area (Å²) in [6.45, 7) is 4.30. The van der Waals surface area contributed by atoms with Crippen LogP contribution in [0.15, 0.2) is 30.3 Å². The van der Waals surface area contributed by atoms with Crippen LogP contribution in [0.4, 0.5) is 4.39 Å². The molecule has 0 aliphatic carbocycles. The number of ether oxygens (including phenoxy) is 2. The predicted octanol–water partition coefficient (Wildman–Crippen LogP) is 2.54. The summed E-state index contributed by atoms with van der Waals surface area (Å²) in [6.07, 6.45) is -1.77. The first-order chi connectivity index (χ1) is 9.57. The second kappa shape index (κ2) is 6.69. The summed E-state index contributed by atoms with van der Waals surface area (Å²) in [6, 6.07) is 10.0. The lowest BCUT2D eigenvalue weighted by molar-refractivity contribution is -0.206. The lowest BCUT2D eigenvalue weighted by atomic mass is 9.87. The molecule has 5 heteroatoms. The van der Waals surface area contributed by atoms with Crippen LogP contribution in [0.3, 0.4) is 0 Å². The van der Waals surface area contributed by atoms with Crippen LogP contribution >= 0.6 is 0 Å². The van der Waals surface area contributed by atoms with E-state index < -0.39 is 27.3 Å². The third-order valence-corrected chi connectivity index (χ3v) is 4.85. The third kappa shape index (κ3) is 3.40. The zero-order chi connectivity index (χ0) is 14.6. The molecule has 2 rings (SSSR count). The largest absolute Gasteiger partial charge is 0.392 e. The van der Waals surface area contributed by atoms with Crippen molar-refractivity contribution in [2.45, 2.75) is 44.4 Å². The Kier molecular flexibility index (Phi) is 5.18. The molecule has 1 aliphatic rings. The average molecular weight is 296 g/mol. The zero-order valence-electron chi connectivity index (χ0n) is 11.9. The Hall–Kier alpha value is -0.913. The van der Waals surface area contributed by atoms with Gasteiger partial charge in [0.1, 0.15) is 12.3 Å². The monoisotopic (exact) mass is 296 g/mol. The first-order valence-electron chi connectivity index (χ1n) is 6.94. The molecular formula is C15H21FO3Si. The van der Waals surface area contributed by atoms with E-state index in [4.69, 9.17) is 9.47 Å². The Balaban J connectivity index is 2.09. The molecule has 0 spiro atoms. The molecule has 110 valence electrons. The fourth-order valence-electron chi connectivity index (χ4n) is 2.50. The molecule has 1 aromatic rings. The van der Waals surface area contributed by atoms with Crippen molar-refractivity contribution in [3.63, 3.8) is 0 Å². The average Bonchev–Trinajstić information content (AvgIpc) is 2.45. The van der Waals surface area contributed by atoms with Crippen molar-refractivity contribution >= 4 is 9.41 Å². The number of benzene rings is 1. The zero-order valence-corrected chi connectivity index (χ0v) is 13.1. The van der Waals surface area contributed by atoms with Crippen molar-refractivity contribution in [3.05, 3.63) is 35.9 Å². The van der Waals surface area contributed by atoms with Crippen LogP contribution in [0.5, 0.6) is 0 Å². The molecule has 1 heterocycles. The minimum Gasteiger partial charge on any atom is -0.392 e.